The zero-order valence-corrected chi connectivity index (χ0v) is 9.79. The minimum Gasteiger partial charge on any atom is -0.310 e. The molecule has 2 rings (SSSR count). The van der Waals surface area contributed by atoms with Crippen LogP contribution in [0.5, 0.6) is 0 Å². The van der Waals surface area contributed by atoms with Crippen LogP contribution in [-0.2, 0) is 0 Å². The highest BCUT2D eigenvalue weighted by Crippen LogP contribution is 2.11. The van der Waals surface area contributed by atoms with Crippen molar-refractivity contribution in [1.82, 2.24) is 9.97 Å². The van der Waals surface area contributed by atoms with Crippen molar-refractivity contribution in [3.05, 3.63) is 56.5 Å². The molecule has 2 aromatic rings. The van der Waals surface area contributed by atoms with Crippen molar-refractivity contribution < 1.29 is 0 Å². The lowest BCUT2D eigenvalue weighted by atomic mass is 10.1. The minimum absolute atomic E-state index is 0.150. The van der Waals surface area contributed by atoms with Crippen LogP contribution >= 0.6 is 0 Å². The molecule has 1 aromatic carbocycles. The van der Waals surface area contributed by atoms with Gasteiger partial charge in [-0.2, -0.15) is 0 Å². The molecule has 0 spiro atoms. The summed E-state index contributed by atoms with van der Waals surface area (Å²) >= 11 is 0. The van der Waals surface area contributed by atoms with Crippen LogP contribution in [0.2, 0.25) is 0 Å². The smallest absolute Gasteiger partial charge is 0.258 e. The minimum atomic E-state index is -0.150. The van der Waals surface area contributed by atoms with Crippen LogP contribution in [0.25, 0.3) is 27.4 Å². The number of aryl methyl sites for hydroxylation is 1. The normalized spacial score (nSPS) is 10.7. The Morgan fingerprint density at radius 3 is 3.17 bits per heavy atom. The van der Waals surface area contributed by atoms with E-state index in [1.807, 2.05) is 6.07 Å². The van der Waals surface area contributed by atoms with E-state index in [9.17, 15) is 4.79 Å². The molecule has 0 radical (unpaired) electrons. The van der Waals surface area contributed by atoms with Gasteiger partial charge in [-0.3, -0.25) is 4.79 Å². The first kappa shape index (κ1) is 11.9. The highest BCUT2D eigenvalue weighted by molar-refractivity contribution is 5.80. The Kier molecular flexibility index (Phi) is 3.41. The highest BCUT2D eigenvalue weighted by Gasteiger charge is 2.01. The third-order valence-electron chi connectivity index (χ3n) is 2.41. The second kappa shape index (κ2) is 5.16. The van der Waals surface area contributed by atoms with Gasteiger partial charge in [-0.05, 0) is 30.2 Å². The summed E-state index contributed by atoms with van der Waals surface area (Å²) in [6.45, 7) is 2.03. The topological polar surface area (TPSA) is 94.5 Å². The molecule has 0 aliphatic heterocycles. The van der Waals surface area contributed by atoms with Crippen molar-refractivity contribution in [3.63, 3.8) is 0 Å². The number of azide groups is 1. The Labute approximate surface area is 103 Å². The molecule has 1 heterocycles. The second-order valence-corrected chi connectivity index (χ2v) is 3.74. The van der Waals surface area contributed by atoms with Gasteiger partial charge in [0.2, 0.25) is 0 Å². The molecule has 0 bridgehead atoms. The lowest BCUT2D eigenvalue weighted by Crippen LogP contribution is -2.09. The first-order valence-corrected chi connectivity index (χ1v) is 5.39. The molecule has 1 N–H and O–H groups in total. The Bertz CT molecular complexity index is 710. The van der Waals surface area contributed by atoms with Gasteiger partial charge in [0.05, 0.1) is 10.9 Å². The first-order chi connectivity index (χ1) is 8.70. The molecular weight excluding hydrogens is 230 g/mol. The maximum absolute atomic E-state index is 11.7. The number of nitrogens with one attached hydrogen (secondary N) is 1. The molecule has 0 amide bonds. The zero-order valence-electron chi connectivity index (χ0n) is 9.79. The number of H-pyrrole nitrogens is 1. The van der Waals surface area contributed by atoms with Crippen molar-refractivity contribution in [2.24, 2.45) is 5.11 Å². The standard InChI is InChI=1S/C12H11N5O/c1-8-15-11-5-4-9(3-2-6-14-17-13)7-10(11)12(18)16-8/h2-5,7H,6H2,1H3,(H,15,16,18). The Balaban J connectivity index is 2.41. The summed E-state index contributed by atoms with van der Waals surface area (Å²) in [7, 11) is 0. The van der Waals surface area contributed by atoms with Crippen LogP contribution in [0.3, 0.4) is 0 Å². The van der Waals surface area contributed by atoms with Gasteiger partial charge in [0.15, 0.2) is 0 Å². The number of benzene rings is 1. The first-order valence-electron chi connectivity index (χ1n) is 5.39. The van der Waals surface area contributed by atoms with E-state index in [2.05, 4.69) is 20.0 Å². The molecule has 0 saturated carbocycles. The lowest BCUT2D eigenvalue weighted by Gasteiger charge is -1.99. The molecular formula is C12H11N5O. The van der Waals surface area contributed by atoms with Crippen LogP contribution in [0.15, 0.2) is 34.2 Å². The van der Waals surface area contributed by atoms with Gasteiger partial charge in [-0.25, -0.2) is 4.98 Å². The molecule has 0 aliphatic carbocycles. The fourth-order valence-electron chi connectivity index (χ4n) is 1.65. The van der Waals surface area contributed by atoms with E-state index in [4.69, 9.17) is 5.53 Å². The summed E-state index contributed by atoms with van der Waals surface area (Å²) in [5.41, 5.74) is 9.52. The van der Waals surface area contributed by atoms with Gasteiger partial charge in [0.1, 0.15) is 5.82 Å². The molecule has 0 atom stereocenters. The van der Waals surface area contributed by atoms with E-state index in [-0.39, 0.29) is 12.1 Å². The fraction of sp³-hybridized carbons (Fsp3) is 0.167. The predicted molar refractivity (Wildman–Crippen MR) is 70.1 cm³/mol. The summed E-state index contributed by atoms with van der Waals surface area (Å²) in [5, 5.41) is 3.94. The van der Waals surface area contributed by atoms with Crippen molar-refractivity contribution in [2.45, 2.75) is 6.92 Å². The number of hydrogen-bond donors (Lipinski definition) is 1. The van der Waals surface area contributed by atoms with Crippen LogP contribution < -0.4 is 5.56 Å². The molecule has 18 heavy (non-hydrogen) atoms. The second-order valence-electron chi connectivity index (χ2n) is 3.74. The largest absolute Gasteiger partial charge is 0.310 e. The van der Waals surface area contributed by atoms with Crippen molar-refractivity contribution >= 4 is 17.0 Å². The number of aromatic nitrogens is 2. The van der Waals surface area contributed by atoms with E-state index in [1.54, 1.807) is 31.2 Å². The maximum atomic E-state index is 11.7. The van der Waals surface area contributed by atoms with Crippen molar-refractivity contribution in [3.8, 4) is 0 Å². The van der Waals surface area contributed by atoms with E-state index >= 15 is 0 Å². The number of aromatic amines is 1. The molecule has 0 saturated heterocycles. The Morgan fingerprint density at radius 2 is 2.39 bits per heavy atom. The summed E-state index contributed by atoms with van der Waals surface area (Å²) in [6.07, 6.45) is 3.53. The molecule has 1 aromatic heterocycles. The lowest BCUT2D eigenvalue weighted by molar-refractivity contribution is 1.06. The van der Waals surface area contributed by atoms with Gasteiger partial charge >= 0.3 is 0 Å². The summed E-state index contributed by atoms with van der Waals surface area (Å²) < 4.78 is 0. The zero-order chi connectivity index (χ0) is 13.0. The number of rotatable bonds is 3. The third kappa shape index (κ3) is 2.56. The quantitative estimate of drug-likeness (QED) is 0.507. The van der Waals surface area contributed by atoms with Gasteiger partial charge < -0.3 is 4.98 Å². The average molecular weight is 241 g/mol. The third-order valence-corrected chi connectivity index (χ3v) is 2.41. The van der Waals surface area contributed by atoms with E-state index in [0.29, 0.717) is 16.7 Å². The number of fused-ring (bicyclic) bond motifs is 1. The molecule has 0 unspecified atom stereocenters. The SMILES string of the molecule is Cc1nc2ccc(C=CCN=[N+]=[N-])cc2c(=O)[nH]1. The van der Waals surface area contributed by atoms with Gasteiger partial charge in [0.25, 0.3) is 5.56 Å². The fourth-order valence-corrected chi connectivity index (χ4v) is 1.65. The summed E-state index contributed by atoms with van der Waals surface area (Å²) in [5.74, 6) is 0.596. The van der Waals surface area contributed by atoms with Crippen LogP contribution in [-0.4, -0.2) is 16.5 Å². The predicted octanol–water partition coefficient (Wildman–Crippen LogP) is 2.56. The van der Waals surface area contributed by atoms with E-state index in [0.717, 1.165) is 5.56 Å². The van der Waals surface area contributed by atoms with Crippen LogP contribution in [0.1, 0.15) is 11.4 Å². The average Bonchev–Trinajstić information content (AvgIpc) is 2.35. The van der Waals surface area contributed by atoms with E-state index < -0.39 is 0 Å². The van der Waals surface area contributed by atoms with Crippen molar-refractivity contribution in [2.75, 3.05) is 6.54 Å². The van der Waals surface area contributed by atoms with Gasteiger partial charge in [-0.15, -0.1) is 0 Å². The monoisotopic (exact) mass is 241 g/mol. The molecule has 0 aliphatic rings. The maximum Gasteiger partial charge on any atom is 0.258 e. The van der Waals surface area contributed by atoms with Crippen molar-refractivity contribution in [1.29, 1.82) is 0 Å². The van der Waals surface area contributed by atoms with Gasteiger partial charge in [0, 0.05) is 11.5 Å². The molecule has 90 valence electrons. The number of nitrogens with zero attached hydrogens (tertiary/aromatic N) is 4. The molecule has 6 heteroatoms. The highest BCUT2D eigenvalue weighted by atomic mass is 16.1. The summed E-state index contributed by atoms with van der Waals surface area (Å²) in [4.78, 5) is 21.3. The van der Waals surface area contributed by atoms with Crippen LogP contribution in [0, 0.1) is 6.92 Å². The molecule has 6 nitrogen and oxygen atoms in total. The Morgan fingerprint density at radius 1 is 1.56 bits per heavy atom. The van der Waals surface area contributed by atoms with E-state index in [1.165, 1.54) is 0 Å². The summed E-state index contributed by atoms with van der Waals surface area (Å²) in [6, 6.07) is 5.42. The molecule has 0 fully saturated rings. The van der Waals surface area contributed by atoms with Crippen LogP contribution in [0.4, 0.5) is 0 Å². The Hall–Kier alpha value is -2.59. The number of hydrogen-bond acceptors (Lipinski definition) is 3. The van der Waals surface area contributed by atoms with Gasteiger partial charge in [-0.1, -0.05) is 23.3 Å².